The SMILES string of the molecule is CCCCCCCC[Si](Cl)(Cl)C[C@H](CC)CCCC. The molecule has 0 nitrogen and oxygen atoms in total. The lowest BCUT2D eigenvalue weighted by atomic mass is 10.0. The molecule has 0 aliphatic carbocycles. The molecule has 0 rings (SSSR count). The van der Waals surface area contributed by atoms with Crippen molar-refractivity contribution < 1.29 is 0 Å². The summed E-state index contributed by atoms with van der Waals surface area (Å²) in [7, 11) is 0. The van der Waals surface area contributed by atoms with Crippen LogP contribution >= 0.6 is 22.2 Å². The summed E-state index contributed by atoms with van der Waals surface area (Å²) >= 11 is 13.3. The van der Waals surface area contributed by atoms with Gasteiger partial charge >= 0.3 is 0 Å². The molecule has 19 heavy (non-hydrogen) atoms. The van der Waals surface area contributed by atoms with Crippen LogP contribution in [0.25, 0.3) is 0 Å². The summed E-state index contributed by atoms with van der Waals surface area (Å²) in [5, 5.41) is 0. The molecule has 0 aromatic rings. The Hall–Kier alpha value is 0.797. The summed E-state index contributed by atoms with van der Waals surface area (Å²) in [6.45, 7) is 4.84. The highest BCUT2D eigenvalue weighted by atomic mass is 35.7. The van der Waals surface area contributed by atoms with Gasteiger partial charge in [0.05, 0.1) is 0 Å². The Bertz CT molecular complexity index is 195. The third-order valence-electron chi connectivity index (χ3n) is 4.03. The first kappa shape index (κ1) is 19.8. The maximum Gasteiger partial charge on any atom is 0.251 e. The van der Waals surface area contributed by atoms with E-state index in [-0.39, 0.29) is 0 Å². The van der Waals surface area contributed by atoms with Gasteiger partial charge in [0, 0.05) is 0 Å². The van der Waals surface area contributed by atoms with E-state index in [2.05, 4.69) is 20.8 Å². The van der Waals surface area contributed by atoms with Crippen molar-refractivity contribution in [2.45, 2.75) is 97.1 Å². The van der Waals surface area contributed by atoms with E-state index in [4.69, 9.17) is 22.2 Å². The van der Waals surface area contributed by atoms with E-state index in [0.29, 0.717) is 0 Å². The molecule has 0 aliphatic rings. The molecule has 0 N–H and O–H groups in total. The molecule has 0 unspecified atom stereocenters. The number of rotatable bonds is 13. The van der Waals surface area contributed by atoms with E-state index in [1.54, 1.807) is 0 Å². The molecule has 0 aromatic carbocycles. The maximum atomic E-state index is 6.63. The molecular formula is C16H34Cl2Si. The lowest BCUT2D eigenvalue weighted by Gasteiger charge is -2.23. The Labute approximate surface area is 132 Å². The summed E-state index contributed by atoms with van der Waals surface area (Å²) < 4.78 is 0. The van der Waals surface area contributed by atoms with Crippen LogP contribution in [0.2, 0.25) is 12.1 Å². The third-order valence-corrected chi connectivity index (χ3v) is 8.35. The molecule has 1 atom stereocenters. The fourth-order valence-corrected chi connectivity index (χ4v) is 7.05. The highest BCUT2D eigenvalue weighted by Crippen LogP contribution is 2.34. The predicted octanol–water partition coefficient (Wildman–Crippen LogP) is 7.48. The highest BCUT2D eigenvalue weighted by Gasteiger charge is 2.30. The molecule has 0 bridgehead atoms. The van der Waals surface area contributed by atoms with Crippen LogP contribution in [-0.2, 0) is 0 Å². The first-order valence-electron chi connectivity index (χ1n) is 8.43. The van der Waals surface area contributed by atoms with Gasteiger partial charge in [0.2, 0.25) is 0 Å². The zero-order chi connectivity index (χ0) is 14.6. The predicted molar refractivity (Wildman–Crippen MR) is 93.8 cm³/mol. The number of hydrogen-bond acceptors (Lipinski definition) is 0. The molecule has 0 radical (unpaired) electrons. The second-order valence-corrected chi connectivity index (χ2v) is 13.5. The van der Waals surface area contributed by atoms with Crippen molar-refractivity contribution in [3.05, 3.63) is 0 Å². The van der Waals surface area contributed by atoms with Crippen LogP contribution in [0.1, 0.15) is 85.0 Å². The lowest BCUT2D eigenvalue weighted by molar-refractivity contribution is 0.487. The van der Waals surface area contributed by atoms with Gasteiger partial charge in [-0.05, 0) is 18.0 Å². The van der Waals surface area contributed by atoms with Crippen molar-refractivity contribution >= 4 is 28.9 Å². The monoisotopic (exact) mass is 324 g/mol. The fourth-order valence-electron chi connectivity index (χ4n) is 2.63. The van der Waals surface area contributed by atoms with Gasteiger partial charge in [-0.25, -0.2) is 0 Å². The second kappa shape index (κ2) is 12.5. The average molecular weight is 325 g/mol. The van der Waals surface area contributed by atoms with Crippen LogP contribution < -0.4 is 0 Å². The van der Waals surface area contributed by atoms with Crippen LogP contribution in [0.5, 0.6) is 0 Å². The van der Waals surface area contributed by atoms with Crippen LogP contribution in [-0.4, -0.2) is 6.69 Å². The Morgan fingerprint density at radius 3 is 1.95 bits per heavy atom. The topological polar surface area (TPSA) is 0 Å². The summed E-state index contributed by atoms with van der Waals surface area (Å²) in [5.74, 6) is 0.765. The minimum atomic E-state index is -1.96. The van der Waals surface area contributed by atoms with E-state index in [1.807, 2.05) is 0 Å². The third kappa shape index (κ3) is 12.3. The van der Waals surface area contributed by atoms with Crippen LogP contribution in [0.15, 0.2) is 0 Å². The first-order valence-corrected chi connectivity index (χ1v) is 12.9. The Kier molecular flexibility index (Phi) is 13.1. The second-order valence-electron chi connectivity index (χ2n) is 5.99. The Morgan fingerprint density at radius 1 is 0.789 bits per heavy atom. The van der Waals surface area contributed by atoms with Gasteiger partial charge in [-0.15, -0.1) is 22.2 Å². The molecule has 0 fully saturated rings. The van der Waals surface area contributed by atoms with Gasteiger partial charge in [-0.3, -0.25) is 0 Å². The molecule has 0 aromatic heterocycles. The van der Waals surface area contributed by atoms with Crippen LogP contribution in [0.4, 0.5) is 0 Å². The zero-order valence-electron chi connectivity index (χ0n) is 13.3. The smallest absolute Gasteiger partial charge is 0.146 e. The highest BCUT2D eigenvalue weighted by molar-refractivity contribution is 7.45. The van der Waals surface area contributed by atoms with E-state index in [0.717, 1.165) is 18.0 Å². The van der Waals surface area contributed by atoms with Crippen molar-refractivity contribution in [1.29, 1.82) is 0 Å². The molecule has 0 saturated heterocycles. The lowest BCUT2D eigenvalue weighted by Crippen LogP contribution is -2.23. The minimum Gasteiger partial charge on any atom is -0.146 e. The van der Waals surface area contributed by atoms with Gasteiger partial charge in [0.1, 0.15) is 0 Å². The van der Waals surface area contributed by atoms with E-state index < -0.39 is 6.69 Å². The summed E-state index contributed by atoms with van der Waals surface area (Å²) in [6, 6.07) is 2.21. The Morgan fingerprint density at radius 2 is 1.37 bits per heavy atom. The van der Waals surface area contributed by atoms with Crippen molar-refractivity contribution in [1.82, 2.24) is 0 Å². The Balaban J connectivity index is 3.75. The van der Waals surface area contributed by atoms with E-state index >= 15 is 0 Å². The molecule has 0 spiro atoms. The van der Waals surface area contributed by atoms with Crippen molar-refractivity contribution in [3.8, 4) is 0 Å². The quantitative estimate of drug-likeness (QED) is 0.187. The van der Waals surface area contributed by atoms with Gasteiger partial charge in [0.15, 0.2) is 0 Å². The number of unbranched alkanes of at least 4 members (excludes halogenated alkanes) is 6. The molecule has 3 heteroatoms. The zero-order valence-corrected chi connectivity index (χ0v) is 15.8. The molecular weight excluding hydrogens is 291 g/mol. The maximum absolute atomic E-state index is 6.63. The van der Waals surface area contributed by atoms with Crippen molar-refractivity contribution in [3.63, 3.8) is 0 Å². The van der Waals surface area contributed by atoms with Gasteiger partial charge in [-0.2, -0.15) is 0 Å². The average Bonchev–Trinajstić information content (AvgIpc) is 2.38. The molecule has 0 amide bonds. The van der Waals surface area contributed by atoms with Crippen molar-refractivity contribution in [2.24, 2.45) is 5.92 Å². The van der Waals surface area contributed by atoms with E-state index in [9.17, 15) is 0 Å². The molecule has 0 heterocycles. The van der Waals surface area contributed by atoms with Crippen LogP contribution in [0, 0.1) is 5.92 Å². The number of halogens is 2. The molecule has 0 aliphatic heterocycles. The van der Waals surface area contributed by atoms with Crippen molar-refractivity contribution in [2.75, 3.05) is 0 Å². The summed E-state index contributed by atoms with van der Waals surface area (Å²) in [4.78, 5) is 0. The van der Waals surface area contributed by atoms with Gasteiger partial charge in [-0.1, -0.05) is 85.0 Å². The normalized spacial score (nSPS) is 13.7. The van der Waals surface area contributed by atoms with E-state index in [1.165, 1.54) is 64.2 Å². The summed E-state index contributed by atoms with van der Waals surface area (Å²) in [5.41, 5.74) is 0. The minimum absolute atomic E-state index is 0.765. The summed E-state index contributed by atoms with van der Waals surface area (Å²) in [6.07, 6.45) is 13.2. The molecule has 116 valence electrons. The van der Waals surface area contributed by atoms with Gasteiger partial charge < -0.3 is 0 Å². The largest absolute Gasteiger partial charge is 0.251 e. The molecule has 0 saturated carbocycles. The fraction of sp³-hybridized carbons (Fsp3) is 1.00. The van der Waals surface area contributed by atoms with Crippen LogP contribution in [0.3, 0.4) is 0 Å². The first-order chi connectivity index (χ1) is 9.05. The van der Waals surface area contributed by atoms with Gasteiger partial charge in [0.25, 0.3) is 6.69 Å². The number of hydrogen-bond donors (Lipinski definition) is 0. The standard InChI is InChI=1S/C16H34Cl2Si/c1-4-7-9-10-11-12-14-19(17,18)15-16(6-3)13-8-5-2/h16H,4-15H2,1-3H3/t16-/m1/s1.